The number of hydrogen-bond acceptors (Lipinski definition) is 4. The van der Waals surface area contributed by atoms with Gasteiger partial charge in [-0.2, -0.15) is 0 Å². The van der Waals surface area contributed by atoms with Crippen LogP contribution in [0.1, 0.15) is 44.6 Å². The summed E-state index contributed by atoms with van der Waals surface area (Å²) in [7, 11) is 0. The molecule has 0 bridgehead atoms. The van der Waals surface area contributed by atoms with Crippen LogP contribution >= 0.6 is 0 Å². The maximum atomic E-state index is 12.5. The van der Waals surface area contributed by atoms with Crippen LogP contribution in [-0.4, -0.2) is 19.1 Å². The monoisotopic (exact) mass is 446 g/mol. The van der Waals surface area contributed by atoms with Gasteiger partial charge in [-0.15, -0.1) is 0 Å². The van der Waals surface area contributed by atoms with Gasteiger partial charge in [-0.3, -0.25) is 4.79 Å². The zero-order valence-corrected chi connectivity index (χ0v) is 19.4. The number of carbonyl (C=O) groups excluding carboxylic acids is 1. The minimum atomic E-state index is -0.141. The highest BCUT2D eigenvalue weighted by atomic mass is 16.5. The Bertz CT molecular complexity index is 958. The number of rotatable bonds is 14. The summed E-state index contributed by atoms with van der Waals surface area (Å²) in [4.78, 5) is 12.5. The summed E-state index contributed by atoms with van der Waals surface area (Å²) >= 11 is 0. The van der Waals surface area contributed by atoms with Gasteiger partial charge >= 0.3 is 0 Å². The number of anilines is 2. The Kier molecular flexibility index (Phi) is 10.1. The van der Waals surface area contributed by atoms with Gasteiger partial charge in [0.05, 0.1) is 18.8 Å². The number of nitrogens with one attached hydrogen (secondary N) is 2. The summed E-state index contributed by atoms with van der Waals surface area (Å²) in [6.07, 6.45) is 6.11. The lowest BCUT2D eigenvalue weighted by molar-refractivity contribution is -0.114. The van der Waals surface area contributed by atoms with Crippen LogP contribution in [-0.2, 0) is 11.4 Å². The van der Waals surface area contributed by atoms with Gasteiger partial charge in [-0.1, -0.05) is 75.1 Å². The average Bonchev–Trinajstić information content (AvgIpc) is 2.86. The van der Waals surface area contributed by atoms with Crippen molar-refractivity contribution < 1.29 is 14.3 Å². The molecule has 3 aromatic carbocycles. The number of unbranched alkanes of at least 4 members (excludes halogenated alkanes) is 4. The first kappa shape index (κ1) is 24.2. The average molecular weight is 447 g/mol. The molecule has 0 aromatic heterocycles. The summed E-state index contributed by atoms with van der Waals surface area (Å²) in [6.45, 7) is 3.56. The second kappa shape index (κ2) is 13.8. The maximum Gasteiger partial charge on any atom is 0.243 e. The van der Waals surface area contributed by atoms with Crippen LogP contribution < -0.4 is 20.1 Å². The molecule has 33 heavy (non-hydrogen) atoms. The third kappa shape index (κ3) is 8.89. The molecular weight excluding hydrogens is 412 g/mol. The smallest absolute Gasteiger partial charge is 0.243 e. The van der Waals surface area contributed by atoms with Gasteiger partial charge in [0.15, 0.2) is 0 Å². The molecule has 5 heteroatoms. The molecule has 0 radical (unpaired) electrons. The van der Waals surface area contributed by atoms with Gasteiger partial charge in [-0.05, 0) is 48.4 Å². The van der Waals surface area contributed by atoms with E-state index in [9.17, 15) is 4.79 Å². The van der Waals surface area contributed by atoms with E-state index in [0.29, 0.717) is 18.0 Å². The highest BCUT2D eigenvalue weighted by molar-refractivity contribution is 5.95. The fourth-order valence-corrected chi connectivity index (χ4v) is 3.37. The molecule has 3 aromatic rings. The Morgan fingerprint density at radius 2 is 1.52 bits per heavy atom. The van der Waals surface area contributed by atoms with Gasteiger partial charge < -0.3 is 20.1 Å². The van der Waals surface area contributed by atoms with Crippen molar-refractivity contribution in [3.05, 3.63) is 84.4 Å². The topological polar surface area (TPSA) is 59.6 Å². The molecule has 0 aliphatic carbocycles. The highest BCUT2D eigenvalue weighted by Gasteiger charge is 2.08. The van der Waals surface area contributed by atoms with Gasteiger partial charge in [0.2, 0.25) is 5.91 Å². The van der Waals surface area contributed by atoms with E-state index in [1.54, 1.807) is 0 Å². The van der Waals surface area contributed by atoms with E-state index in [4.69, 9.17) is 9.47 Å². The molecular formula is C28H34N2O3. The molecule has 0 atom stereocenters. The van der Waals surface area contributed by atoms with Crippen LogP contribution in [0.25, 0.3) is 0 Å². The maximum absolute atomic E-state index is 12.5. The number of para-hydroxylation sites is 2. The first-order valence-electron chi connectivity index (χ1n) is 11.8. The van der Waals surface area contributed by atoms with Gasteiger partial charge in [0, 0.05) is 5.69 Å². The molecule has 1 amide bonds. The third-order valence-electron chi connectivity index (χ3n) is 5.22. The van der Waals surface area contributed by atoms with E-state index in [0.717, 1.165) is 30.0 Å². The normalized spacial score (nSPS) is 10.5. The van der Waals surface area contributed by atoms with Crippen molar-refractivity contribution >= 4 is 17.3 Å². The Morgan fingerprint density at radius 1 is 0.788 bits per heavy atom. The first-order valence-corrected chi connectivity index (χ1v) is 11.8. The summed E-state index contributed by atoms with van der Waals surface area (Å²) in [5.41, 5.74) is 2.60. The Morgan fingerprint density at radius 3 is 2.30 bits per heavy atom. The SMILES string of the molecule is CCCCCCCOc1ccc(NCC(=O)Nc2ccccc2OCc2ccccc2)cc1. The van der Waals surface area contributed by atoms with Crippen molar-refractivity contribution in [3.8, 4) is 11.5 Å². The molecule has 2 N–H and O–H groups in total. The summed E-state index contributed by atoms with van der Waals surface area (Å²) in [5, 5.41) is 6.08. The molecule has 0 unspecified atom stereocenters. The molecule has 0 heterocycles. The fourth-order valence-electron chi connectivity index (χ4n) is 3.37. The van der Waals surface area contributed by atoms with Crippen LogP contribution in [0.5, 0.6) is 11.5 Å². The standard InChI is InChI=1S/C28H34N2O3/c1-2-3-4-5-11-20-32-25-18-16-24(17-19-25)29-21-28(31)30-26-14-9-10-15-27(26)33-22-23-12-7-6-8-13-23/h6-10,12-19,29H,2-5,11,20-22H2,1H3,(H,30,31). The molecule has 0 spiro atoms. The zero-order chi connectivity index (χ0) is 23.1. The highest BCUT2D eigenvalue weighted by Crippen LogP contribution is 2.25. The van der Waals surface area contributed by atoms with Gasteiger partial charge in [0.1, 0.15) is 18.1 Å². The molecule has 0 saturated heterocycles. The summed E-state index contributed by atoms with van der Waals surface area (Å²) in [5.74, 6) is 1.36. The second-order valence-electron chi connectivity index (χ2n) is 7.96. The molecule has 0 saturated carbocycles. The Labute approximate surface area is 197 Å². The fraction of sp³-hybridized carbons (Fsp3) is 0.321. The molecule has 0 aliphatic rings. The summed E-state index contributed by atoms with van der Waals surface area (Å²) in [6, 6.07) is 25.1. The van der Waals surface area contributed by atoms with Crippen LogP contribution in [0, 0.1) is 0 Å². The van der Waals surface area contributed by atoms with Crippen molar-refractivity contribution in [3.63, 3.8) is 0 Å². The van der Waals surface area contributed by atoms with Crippen molar-refractivity contribution in [2.45, 2.75) is 45.6 Å². The largest absolute Gasteiger partial charge is 0.494 e. The number of benzene rings is 3. The van der Waals surface area contributed by atoms with Crippen LogP contribution in [0.4, 0.5) is 11.4 Å². The lowest BCUT2D eigenvalue weighted by Crippen LogP contribution is -2.22. The van der Waals surface area contributed by atoms with E-state index in [-0.39, 0.29) is 12.5 Å². The second-order valence-corrected chi connectivity index (χ2v) is 7.96. The Balaban J connectivity index is 1.41. The summed E-state index contributed by atoms with van der Waals surface area (Å²) < 4.78 is 11.7. The zero-order valence-electron chi connectivity index (χ0n) is 19.4. The van der Waals surface area contributed by atoms with Crippen LogP contribution in [0.2, 0.25) is 0 Å². The number of ether oxygens (including phenoxy) is 2. The number of amides is 1. The van der Waals surface area contributed by atoms with E-state index >= 15 is 0 Å². The lowest BCUT2D eigenvalue weighted by Gasteiger charge is -2.13. The predicted octanol–water partition coefficient (Wildman–Crippen LogP) is 6.67. The quantitative estimate of drug-likeness (QED) is 0.272. The van der Waals surface area contributed by atoms with Crippen molar-refractivity contribution in [2.75, 3.05) is 23.8 Å². The first-order chi connectivity index (χ1) is 16.2. The minimum Gasteiger partial charge on any atom is -0.494 e. The molecule has 3 rings (SSSR count). The van der Waals surface area contributed by atoms with E-state index < -0.39 is 0 Å². The molecule has 5 nitrogen and oxygen atoms in total. The van der Waals surface area contributed by atoms with E-state index in [2.05, 4.69) is 17.6 Å². The van der Waals surface area contributed by atoms with E-state index in [1.165, 1.54) is 25.7 Å². The molecule has 174 valence electrons. The van der Waals surface area contributed by atoms with E-state index in [1.807, 2.05) is 78.9 Å². The van der Waals surface area contributed by atoms with Crippen LogP contribution in [0.3, 0.4) is 0 Å². The van der Waals surface area contributed by atoms with Crippen molar-refractivity contribution in [1.29, 1.82) is 0 Å². The van der Waals surface area contributed by atoms with Gasteiger partial charge in [-0.25, -0.2) is 0 Å². The van der Waals surface area contributed by atoms with Crippen molar-refractivity contribution in [2.24, 2.45) is 0 Å². The number of carbonyl (C=O) groups is 1. The molecule has 0 fully saturated rings. The number of hydrogen-bond donors (Lipinski definition) is 2. The van der Waals surface area contributed by atoms with Crippen molar-refractivity contribution in [1.82, 2.24) is 0 Å². The Hall–Kier alpha value is -3.47. The van der Waals surface area contributed by atoms with Crippen LogP contribution in [0.15, 0.2) is 78.9 Å². The minimum absolute atomic E-state index is 0.141. The predicted molar refractivity (Wildman–Crippen MR) is 135 cm³/mol. The third-order valence-corrected chi connectivity index (χ3v) is 5.22. The van der Waals surface area contributed by atoms with Gasteiger partial charge in [0.25, 0.3) is 0 Å². The lowest BCUT2D eigenvalue weighted by atomic mass is 10.2. The molecule has 0 aliphatic heterocycles.